The molecular weight excluding hydrogens is 504 g/mol. The SMILES string of the molecule is c1ccc(-c2ccc(-c3c4ccccc4c(-c4ccc(-c5ccc6ccccc6c5)cc4)c4ccccc34)cc2)cc1. The molecule has 0 amide bonds. The van der Waals surface area contributed by atoms with Crippen LogP contribution in [0.4, 0.5) is 0 Å². The third kappa shape index (κ3) is 4.17. The van der Waals surface area contributed by atoms with E-state index < -0.39 is 0 Å². The molecule has 0 aromatic heterocycles. The van der Waals surface area contributed by atoms with E-state index >= 15 is 0 Å². The average molecular weight is 533 g/mol. The maximum absolute atomic E-state index is 2.28. The van der Waals surface area contributed by atoms with Gasteiger partial charge in [-0.2, -0.15) is 0 Å². The Hall–Kier alpha value is -5.46. The van der Waals surface area contributed by atoms with Gasteiger partial charge in [0, 0.05) is 0 Å². The fourth-order valence-electron chi connectivity index (χ4n) is 6.41. The molecule has 0 radical (unpaired) electrons. The maximum atomic E-state index is 2.28. The van der Waals surface area contributed by atoms with Gasteiger partial charge in [-0.1, -0.05) is 164 Å². The highest BCUT2D eigenvalue weighted by atomic mass is 14.2. The second-order valence-corrected chi connectivity index (χ2v) is 10.9. The summed E-state index contributed by atoms with van der Waals surface area (Å²) in [7, 11) is 0. The van der Waals surface area contributed by atoms with Crippen LogP contribution in [0.3, 0.4) is 0 Å². The van der Waals surface area contributed by atoms with E-state index in [9.17, 15) is 0 Å². The van der Waals surface area contributed by atoms with Crippen molar-refractivity contribution in [2.75, 3.05) is 0 Å². The lowest BCUT2D eigenvalue weighted by molar-refractivity contribution is 1.61. The quantitative estimate of drug-likeness (QED) is 0.198. The second kappa shape index (κ2) is 10.2. The van der Waals surface area contributed by atoms with Crippen LogP contribution in [0.25, 0.3) is 76.8 Å². The first-order valence-electron chi connectivity index (χ1n) is 14.5. The summed E-state index contributed by atoms with van der Waals surface area (Å²) in [5.41, 5.74) is 9.99. The number of rotatable bonds is 4. The van der Waals surface area contributed by atoms with Crippen molar-refractivity contribution in [1.82, 2.24) is 0 Å². The normalized spacial score (nSPS) is 11.3. The average Bonchev–Trinajstić information content (AvgIpc) is 3.07. The molecule has 8 rings (SSSR count). The molecule has 0 saturated carbocycles. The zero-order valence-corrected chi connectivity index (χ0v) is 23.2. The Balaban J connectivity index is 1.28. The Kier molecular flexibility index (Phi) is 5.90. The van der Waals surface area contributed by atoms with Crippen LogP contribution in [0, 0.1) is 0 Å². The monoisotopic (exact) mass is 532 g/mol. The fraction of sp³-hybridized carbons (Fsp3) is 0. The largest absolute Gasteiger partial charge is 0.0622 e. The van der Waals surface area contributed by atoms with Crippen LogP contribution in [0.2, 0.25) is 0 Å². The van der Waals surface area contributed by atoms with Crippen molar-refractivity contribution < 1.29 is 0 Å². The van der Waals surface area contributed by atoms with Crippen LogP contribution in [0.15, 0.2) is 170 Å². The molecule has 0 bridgehead atoms. The van der Waals surface area contributed by atoms with Crippen LogP contribution in [0.1, 0.15) is 0 Å². The zero-order chi connectivity index (χ0) is 27.9. The minimum atomic E-state index is 1.23. The lowest BCUT2D eigenvalue weighted by Crippen LogP contribution is -1.91. The van der Waals surface area contributed by atoms with Crippen LogP contribution >= 0.6 is 0 Å². The molecule has 0 unspecified atom stereocenters. The summed E-state index contributed by atoms with van der Waals surface area (Å²) < 4.78 is 0. The van der Waals surface area contributed by atoms with Crippen molar-refractivity contribution >= 4 is 32.3 Å². The topological polar surface area (TPSA) is 0 Å². The minimum absolute atomic E-state index is 1.23. The van der Waals surface area contributed by atoms with Crippen molar-refractivity contribution in [1.29, 1.82) is 0 Å². The van der Waals surface area contributed by atoms with E-state index in [1.807, 2.05) is 0 Å². The van der Waals surface area contributed by atoms with Gasteiger partial charge in [0.05, 0.1) is 0 Å². The second-order valence-electron chi connectivity index (χ2n) is 10.9. The highest BCUT2D eigenvalue weighted by Crippen LogP contribution is 2.44. The van der Waals surface area contributed by atoms with Gasteiger partial charge in [-0.3, -0.25) is 0 Å². The molecule has 0 nitrogen and oxygen atoms in total. The Morgan fingerprint density at radius 3 is 1.10 bits per heavy atom. The van der Waals surface area contributed by atoms with Gasteiger partial charge < -0.3 is 0 Å². The predicted octanol–water partition coefficient (Wildman–Crippen LogP) is 11.8. The smallest absolute Gasteiger partial charge is 0.00264 e. The van der Waals surface area contributed by atoms with E-state index in [1.165, 1.54) is 76.8 Å². The minimum Gasteiger partial charge on any atom is -0.0622 e. The zero-order valence-electron chi connectivity index (χ0n) is 23.2. The Bertz CT molecular complexity index is 2150. The lowest BCUT2D eigenvalue weighted by atomic mass is 9.85. The van der Waals surface area contributed by atoms with Crippen LogP contribution < -0.4 is 0 Å². The maximum Gasteiger partial charge on any atom is -0.00264 e. The molecule has 8 aromatic carbocycles. The number of benzene rings is 8. The molecule has 0 heteroatoms. The van der Waals surface area contributed by atoms with E-state index in [1.54, 1.807) is 0 Å². The van der Waals surface area contributed by atoms with Gasteiger partial charge in [-0.05, 0) is 82.9 Å². The summed E-state index contributed by atoms with van der Waals surface area (Å²) in [6.45, 7) is 0. The lowest BCUT2D eigenvalue weighted by Gasteiger charge is -2.18. The summed E-state index contributed by atoms with van der Waals surface area (Å²) in [5, 5.41) is 7.64. The van der Waals surface area contributed by atoms with Crippen molar-refractivity contribution in [2.24, 2.45) is 0 Å². The molecule has 0 atom stereocenters. The molecule has 0 heterocycles. The Morgan fingerprint density at radius 2 is 0.571 bits per heavy atom. The first kappa shape index (κ1) is 24.3. The van der Waals surface area contributed by atoms with Crippen LogP contribution in [-0.4, -0.2) is 0 Å². The summed E-state index contributed by atoms with van der Waals surface area (Å²) >= 11 is 0. The molecule has 0 fully saturated rings. The van der Waals surface area contributed by atoms with Crippen LogP contribution in [0.5, 0.6) is 0 Å². The van der Waals surface area contributed by atoms with Crippen molar-refractivity contribution in [2.45, 2.75) is 0 Å². The first-order chi connectivity index (χ1) is 20.8. The molecule has 0 aliphatic rings. The first-order valence-corrected chi connectivity index (χ1v) is 14.5. The van der Waals surface area contributed by atoms with Gasteiger partial charge in [0.1, 0.15) is 0 Å². The van der Waals surface area contributed by atoms with Gasteiger partial charge >= 0.3 is 0 Å². The third-order valence-corrected chi connectivity index (χ3v) is 8.47. The summed E-state index contributed by atoms with van der Waals surface area (Å²) in [4.78, 5) is 0. The van der Waals surface area contributed by atoms with Crippen molar-refractivity contribution in [3.63, 3.8) is 0 Å². The van der Waals surface area contributed by atoms with Gasteiger partial charge in [-0.15, -0.1) is 0 Å². The van der Waals surface area contributed by atoms with Gasteiger partial charge in [0.2, 0.25) is 0 Å². The van der Waals surface area contributed by atoms with E-state index in [4.69, 9.17) is 0 Å². The van der Waals surface area contributed by atoms with Gasteiger partial charge in [0.15, 0.2) is 0 Å². The molecule has 0 spiro atoms. The van der Waals surface area contributed by atoms with Gasteiger partial charge in [0.25, 0.3) is 0 Å². The molecule has 42 heavy (non-hydrogen) atoms. The summed E-state index contributed by atoms with van der Waals surface area (Å²) in [6.07, 6.45) is 0. The number of fused-ring (bicyclic) bond motifs is 3. The Morgan fingerprint density at radius 1 is 0.214 bits per heavy atom. The van der Waals surface area contributed by atoms with Crippen LogP contribution in [-0.2, 0) is 0 Å². The van der Waals surface area contributed by atoms with Crippen molar-refractivity contribution in [3.8, 4) is 44.5 Å². The van der Waals surface area contributed by atoms with Gasteiger partial charge in [-0.25, -0.2) is 0 Å². The highest BCUT2D eigenvalue weighted by molar-refractivity contribution is 6.21. The molecule has 0 aliphatic carbocycles. The van der Waals surface area contributed by atoms with Crippen molar-refractivity contribution in [3.05, 3.63) is 170 Å². The molecule has 8 aromatic rings. The number of hydrogen-bond donors (Lipinski definition) is 0. The van der Waals surface area contributed by atoms with E-state index in [0.29, 0.717) is 0 Å². The predicted molar refractivity (Wildman–Crippen MR) is 181 cm³/mol. The summed E-state index contributed by atoms with van der Waals surface area (Å²) in [6, 6.07) is 61.7. The molecule has 0 N–H and O–H groups in total. The fourth-order valence-corrected chi connectivity index (χ4v) is 6.41. The highest BCUT2D eigenvalue weighted by Gasteiger charge is 2.16. The van der Waals surface area contributed by atoms with E-state index in [0.717, 1.165) is 0 Å². The standard InChI is InChI=1S/C42H28/c1-2-10-29(11-3-1)31-18-23-33(24-19-31)41-37-14-6-8-16-39(37)42(40-17-9-7-15-38(40)41)34-25-20-32(21-26-34)36-27-22-30-12-4-5-13-35(30)28-36/h1-28H. The molecular formula is C42H28. The molecule has 196 valence electrons. The molecule has 0 aliphatic heterocycles. The summed E-state index contributed by atoms with van der Waals surface area (Å²) in [5.74, 6) is 0. The van der Waals surface area contributed by atoms with E-state index in [-0.39, 0.29) is 0 Å². The Labute approximate surface area is 246 Å². The third-order valence-electron chi connectivity index (χ3n) is 8.47. The molecule has 0 saturated heterocycles. The number of hydrogen-bond acceptors (Lipinski definition) is 0. The van der Waals surface area contributed by atoms with E-state index in [2.05, 4.69) is 170 Å².